The summed E-state index contributed by atoms with van der Waals surface area (Å²) < 4.78 is 0. The summed E-state index contributed by atoms with van der Waals surface area (Å²) in [7, 11) is 0. The fraction of sp³-hybridized carbons (Fsp3) is 0.556. The molecule has 0 heterocycles. The standard InChI is InChI=1S/C9H16N2O4/c1-4-6(2)11-8(14)10-5-9(3,15)7(12)13/h4,6,15H,1,5H2,2-3H3,(H,12,13)(H2,10,11,14). The van der Waals surface area contributed by atoms with Crippen LogP contribution in [0.3, 0.4) is 0 Å². The summed E-state index contributed by atoms with van der Waals surface area (Å²) in [5.41, 5.74) is -1.96. The third kappa shape index (κ3) is 5.02. The van der Waals surface area contributed by atoms with Crippen LogP contribution in [0, 0.1) is 0 Å². The summed E-state index contributed by atoms with van der Waals surface area (Å²) in [5.74, 6) is -1.39. The molecule has 6 nitrogen and oxygen atoms in total. The maximum Gasteiger partial charge on any atom is 0.337 e. The van der Waals surface area contributed by atoms with Gasteiger partial charge in [-0.15, -0.1) is 6.58 Å². The Hall–Kier alpha value is -1.56. The molecule has 2 amide bonds. The molecule has 6 heteroatoms. The first-order valence-electron chi connectivity index (χ1n) is 4.42. The van der Waals surface area contributed by atoms with Crippen molar-refractivity contribution in [2.75, 3.05) is 6.54 Å². The monoisotopic (exact) mass is 216 g/mol. The lowest BCUT2D eigenvalue weighted by molar-refractivity contribution is -0.155. The summed E-state index contributed by atoms with van der Waals surface area (Å²) in [6.07, 6.45) is 1.52. The van der Waals surface area contributed by atoms with Crippen LogP contribution in [-0.4, -0.2) is 40.4 Å². The Morgan fingerprint density at radius 2 is 2.13 bits per heavy atom. The maximum absolute atomic E-state index is 11.1. The highest BCUT2D eigenvalue weighted by atomic mass is 16.4. The molecule has 86 valence electrons. The molecule has 0 aliphatic heterocycles. The Labute approximate surface area is 88.0 Å². The van der Waals surface area contributed by atoms with Gasteiger partial charge in [-0.25, -0.2) is 9.59 Å². The van der Waals surface area contributed by atoms with Crippen LogP contribution in [0.15, 0.2) is 12.7 Å². The lowest BCUT2D eigenvalue weighted by Gasteiger charge is -2.19. The highest BCUT2D eigenvalue weighted by Gasteiger charge is 2.30. The summed E-state index contributed by atoms with van der Waals surface area (Å²) in [6.45, 7) is 5.92. The van der Waals surface area contributed by atoms with E-state index in [4.69, 9.17) is 5.11 Å². The highest BCUT2D eigenvalue weighted by Crippen LogP contribution is 2.00. The van der Waals surface area contributed by atoms with E-state index in [0.29, 0.717) is 0 Å². The average Bonchev–Trinajstić information content (AvgIpc) is 2.14. The lowest BCUT2D eigenvalue weighted by atomic mass is 10.1. The fourth-order valence-corrected chi connectivity index (χ4v) is 0.645. The molecule has 0 rings (SSSR count). The Bertz CT molecular complexity index is 263. The van der Waals surface area contributed by atoms with Crippen LogP contribution in [0.25, 0.3) is 0 Å². The first-order valence-corrected chi connectivity index (χ1v) is 4.42. The minimum Gasteiger partial charge on any atom is -0.479 e. The molecule has 15 heavy (non-hydrogen) atoms. The Morgan fingerprint density at radius 3 is 2.53 bits per heavy atom. The number of carbonyl (C=O) groups is 2. The quantitative estimate of drug-likeness (QED) is 0.474. The smallest absolute Gasteiger partial charge is 0.337 e. The van der Waals surface area contributed by atoms with Gasteiger partial charge < -0.3 is 20.8 Å². The van der Waals surface area contributed by atoms with Crippen molar-refractivity contribution in [1.82, 2.24) is 10.6 Å². The van der Waals surface area contributed by atoms with E-state index < -0.39 is 17.6 Å². The summed E-state index contributed by atoms with van der Waals surface area (Å²) in [4.78, 5) is 21.6. The Kier molecular flexibility index (Phi) is 4.80. The molecule has 4 N–H and O–H groups in total. The molecule has 0 aromatic heterocycles. The topological polar surface area (TPSA) is 98.7 Å². The zero-order chi connectivity index (χ0) is 12.1. The second-order valence-electron chi connectivity index (χ2n) is 3.43. The van der Waals surface area contributed by atoms with E-state index >= 15 is 0 Å². The van der Waals surface area contributed by atoms with Gasteiger partial charge in [0, 0.05) is 6.04 Å². The zero-order valence-corrected chi connectivity index (χ0v) is 8.78. The van der Waals surface area contributed by atoms with Crippen LogP contribution < -0.4 is 10.6 Å². The molecule has 0 aliphatic carbocycles. The third-order valence-corrected chi connectivity index (χ3v) is 1.77. The number of carbonyl (C=O) groups excluding carboxylic acids is 1. The van der Waals surface area contributed by atoms with Gasteiger partial charge in [-0.2, -0.15) is 0 Å². The van der Waals surface area contributed by atoms with Crippen molar-refractivity contribution in [3.63, 3.8) is 0 Å². The number of rotatable bonds is 5. The predicted molar refractivity (Wildman–Crippen MR) is 54.5 cm³/mol. The molecule has 0 radical (unpaired) electrons. The summed E-state index contributed by atoms with van der Waals surface area (Å²) >= 11 is 0. The number of hydrogen-bond acceptors (Lipinski definition) is 3. The number of urea groups is 1. The van der Waals surface area contributed by atoms with Crippen molar-refractivity contribution in [1.29, 1.82) is 0 Å². The minimum atomic E-state index is -1.96. The molecule has 2 atom stereocenters. The molecule has 0 saturated heterocycles. The molecule has 2 unspecified atom stereocenters. The van der Waals surface area contributed by atoms with Gasteiger partial charge in [0.25, 0.3) is 0 Å². The molecular weight excluding hydrogens is 200 g/mol. The van der Waals surface area contributed by atoms with Crippen LogP contribution >= 0.6 is 0 Å². The number of hydrogen-bond donors (Lipinski definition) is 4. The number of nitrogens with one attached hydrogen (secondary N) is 2. The molecule has 0 aromatic carbocycles. The van der Waals surface area contributed by atoms with E-state index in [-0.39, 0.29) is 12.6 Å². The lowest BCUT2D eigenvalue weighted by Crippen LogP contribution is -2.50. The summed E-state index contributed by atoms with van der Waals surface area (Å²) in [5, 5.41) is 22.5. The van der Waals surface area contributed by atoms with Gasteiger partial charge in [0.15, 0.2) is 5.60 Å². The number of aliphatic hydroxyl groups is 1. The van der Waals surface area contributed by atoms with E-state index in [1.54, 1.807) is 6.92 Å². The Morgan fingerprint density at radius 1 is 1.60 bits per heavy atom. The number of aliphatic carboxylic acids is 1. The van der Waals surface area contributed by atoms with E-state index in [2.05, 4.69) is 17.2 Å². The summed E-state index contributed by atoms with van der Waals surface area (Å²) in [6, 6.07) is -0.774. The van der Waals surface area contributed by atoms with E-state index in [1.807, 2.05) is 0 Å². The van der Waals surface area contributed by atoms with Crippen LogP contribution in [0.5, 0.6) is 0 Å². The molecule has 0 fully saturated rings. The van der Waals surface area contributed by atoms with Crippen LogP contribution in [0.2, 0.25) is 0 Å². The molecule has 0 spiro atoms. The van der Waals surface area contributed by atoms with E-state index in [9.17, 15) is 14.7 Å². The predicted octanol–water partition coefficient (Wildman–Crippen LogP) is -0.304. The maximum atomic E-state index is 11.1. The second-order valence-corrected chi connectivity index (χ2v) is 3.43. The Balaban J connectivity index is 4.01. The van der Waals surface area contributed by atoms with Gasteiger partial charge in [-0.1, -0.05) is 6.08 Å². The van der Waals surface area contributed by atoms with Gasteiger partial charge >= 0.3 is 12.0 Å². The van der Waals surface area contributed by atoms with Crippen LogP contribution in [0.1, 0.15) is 13.8 Å². The first-order chi connectivity index (χ1) is 6.79. The van der Waals surface area contributed by atoms with E-state index in [0.717, 1.165) is 6.92 Å². The number of amides is 2. The number of carboxylic acid groups (broad SMARTS) is 1. The van der Waals surface area contributed by atoms with Crippen LogP contribution in [-0.2, 0) is 4.79 Å². The molecule has 0 bridgehead atoms. The van der Waals surface area contributed by atoms with Gasteiger partial charge in [-0.3, -0.25) is 0 Å². The van der Waals surface area contributed by atoms with Crippen LogP contribution in [0.4, 0.5) is 4.79 Å². The largest absolute Gasteiger partial charge is 0.479 e. The van der Waals surface area contributed by atoms with Gasteiger partial charge in [0.2, 0.25) is 0 Å². The van der Waals surface area contributed by atoms with Crippen molar-refractivity contribution in [3.8, 4) is 0 Å². The second kappa shape index (κ2) is 5.35. The molecule has 0 saturated carbocycles. The number of carboxylic acids is 1. The van der Waals surface area contributed by atoms with Crippen molar-refractivity contribution in [3.05, 3.63) is 12.7 Å². The minimum absolute atomic E-state index is 0.222. The normalized spacial score (nSPS) is 15.9. The van der Waals surface area contributed by atoms with Crippen molar-refractivity contribution in [2.45, 2.75) is 25.5 Å². The average molecular weight is 216 g/mol. The third-order valence-electron chi connectivity index (χ3n) is 1.77. The van der Waals surface area contributed by atoms with Crippen molar-refractivity contribution < 1.29 is 19.8 Å². The van der Waals surface area contributed by atoms with Crippen molar-refractivity contribution in [2.24, 2.45) is 0 Å². The zero-order valence-electron chi connectivity index (χ0n) is 8.78. The SMILES string of the molecule is C=CC(C)NC(=O)NCC(C)(O)C(=O)O. The van der Waals surface area contributed by atoms with Gasteiger partial charge in [-0.05, 0) is 13.8 Å². The molecular formula is C9H16N2O4. The highest BCUT2D eigenvalue weighted by molar-refractivity contribution is 5.79. The fourth-order valence-electron chi connectivity index (χ4n) is 0.645. The van der Waals surface area contributed by atoms with Gasteiger partial charge in [0.1, 0.15) is 0 Å². The molecule has 0 aromatic rings. The van der Waals surface area contributed by atoms with E-state index in [1.165, 1.54) is 6.08 Å². The molecule has 0 aliphatic rings. The van der Waals surface area contributed by atoms with Crippen molar-refractivity contribution >= 4 is 12.0 Å². The van der Waals surface area contributed by atoms with Gasteiger partial charge in [0.05, 0.1) is 6.54 Å². The first kappa shape index (κ1) is 13.4.